The van der Waals surface area contributed by atoms with Crippen molar-refractivity contribution in [3.63, 3.8) is 0 Å². The fourth-order valence-electron chi connectivity index (χ4n) is 3.07. The molecule has 4 rings (SSSR count). The van der Waals surface area contributed by atoms with Crippen LogP contribution in [0.4, 0.5) is 5.82 Å². The first-order chi connectivity index (χ1) is 10.9. The van der Waals surface area contributed by atoms with E-state index in [0.29, 0.717) is 5.52 Å². The predicted octanol–water partition coefficient (Wildman–Crippen LogP) is -0.888. The molecule has 4 heterocycles. The van der Waals surface area contributed by atoms with Crippen LogP contribution in [0.3, 0.4) is 0 Å². The van der Waals surface area contributed by atoms with Crippen LogP contribution in [0.1, 0.15) is 20.1 Å². The number of aliphatic hydroxyl groups excluding tert-OH is 1. The van der Waals surface area contributed by atoms with Crippen LogP contribution in [-0.4, -0.2) is 55.8 Å². The first-order valence-corrected chi connectivity index (χ1v) is 7.25. The average molecular weight is 323 g/mol. The number of nitrogens with zero attached hydrogens (tertiary/aromatic N) is 3. The van der Waals surface area contributed by atoms with Gasteiger partial charge in [-0.1, -0.05) is 0 Å². The molecule has 10 nitrogen and oxygen atoms in total. The monoisotopic (exact) mass is 323 g/mol. The Balaban J connectivity index is 1.75. The number of aromatic nitrogens is 4. The summed E-state index contributed by atoms with van der Waals surface area (Å²) in [6, 6.07) is 1.52. The highest BCUT2D eigenvalue weighted by Crippen LogP contribution is 2.42. The number of hydrogen-bond acceptors (Lipinski definition) is 8. The van der Waals surface area contributed by atoms with Crippen LogP contribution in [0.2, 0.25) is 0 Å². The standard InChI is InChI=1S/C13H17N5O5/c1-13(2)22-9-6(4-19)21-12(10(9)23-13)18-16-5-3-7(14)15-11(20)8(5)17-18/h3,6,9-10,12,19H,4,14H2,1-2H3,(H,15,20)/t6-,9-,10-,12-/m1/s1. The van der Waals surface area contributed by atoms with Gasteiger partial charge >= 0.3 is 0 Å². The van der Waals surface area contributed by atoms with Gasteiger partial charge in [-0.3, -0.25) is 4.79 Å². The summed E-state index contributed by atoms with van der Waals surface area (Å²) in [6.45, 7) is 3.36. The van der Waals surface area contributed by atoms with Gasteiger partial charge in [-0.2, -0.15) is 9.90 Å². The van der Waals surface area contributed by atoms with E-state index in [1.807, 2.05) is 0 Å². The maximum absolute atomic E-state index is 11.9. The number of nitrogens with one attached hydrogen (secondary N) is 1. The zero-order valence-corrected chi connectivity index (χ0v) is 12.6. The van der Waals surface area contributed by atoms with Gasteiger partial charge in [-0.15, -0.1) is 5.10 Å². The third-order valence-electron chi connectivity index (χ3n) is 3.95. The molecule has 0 radical (unpaired) electrons. The molecular formula is C13H17N5O5. The Morgan fingerprint density at radius 1 is 1.39 bits per heavy atom. The van der Waals surface area contributed by atoms with Crippen molar-refractivity contribution < 1.29 is 19.3 Å². The molecular weight excluding hydrogens is 306 g/mol. The molecule has 0 saturated carbocycles. The highest BCUT2D eigenvalue weighted by Gasteiger charge is 2.56. The number of rotatable bonds is 2. The summed E-state index contributed by atoms with van der Waals surface area (Å²) >= 11 is 0. The van der Waals surface area contributed by atoms with Crippen LogP contribution < -0.4 is 11.3 Å². The summed E-state index contributed by atoms with van der Waals surface area (Å²) in [6.07, 6.45) is -2.17. The van der Waals surface area contributed by atoms with Gasteiger partial charge in [0.15, 0.2) is 17.5 Å². The van der Waals surface area contributed by atoms with Crippen LogP contribution in [0, 0.1) is 0 Å². The fraction of sp³-hybridized carbons (Fsp3) is 0.615. The molecule has 23 heavy (non-hydrogen) atoms. The number of anilines is 1. The van der Waals surface area contributed by atoms with Gasteiger partial charge in [0.1, 0.15) is 29.6 Å². The van der Waals surface area contributed by atoms with Crippen LogP contribution in [0.15, 0.2) is 10.9 Å². The number of hydrogen-bond donors (Lipinski definition) is 3. The van der Waals surface area contributed by atoms with Crippen LogP contribution in [-0.2, 0) is 14.2 Å². The first kappa shape index (κ1) is 14.6. The molecule has 4 N–H and O–H groups in total. The topological polar surface area (TPSA) is 138 Å². The fourth-order valence-corrected chi connectivity index (χ4v) is 3.07. The van der Waals surface area contributed by atoms with E-state index in [2.05, 4.69) is 15.2 Å². The Hall–Kier alpha value is -2.01. The molecule has 0 aromatic carbocycles. The number of ether oxygens (including phenoxy) is 3. The van der Waals surface area contributed by atoms with Crippen molar-refractivity contribution in [2.24, 2.45) is 0 Å². The van der Waals surface area contributed by atoms with E-state index in [4.69, 9.17) is 19.9 Å². The SMILES string of the molecule is CC1(C)O[C@@H]2[C@H](O1)[C@@H](CO)O[C@H]2n1nc2cc(N)[nH]c(=O)c2n1. The predicted molar refractivity (Wildman–Crippen MR) is 77.4 cm³/mol. The lowest BCUT2D eigenvalue weighted by molar-refractivity contribution is -0.203. The van der Waals surface area contributed by atoms with Crippen LogP contribution in [0.5, 0.6) is 0 Å². The molecule has 124 valence electrons. The van der Waals surface area contributed by atoms with E-state index in [1.165, 1.54) is 10.9 Å². The van der Waals surface area contributed by atoms with Crippen molar-refractivity contribution in [1.82, 2.24) is 20.0 Å². The molecule has 2 saturated heterocycles. The van der Waals surface area contributed by atoms with E-state index >= 15 is 0 Å². The van der Waals surface area contributed by atoms with E-state index in [1.54, 1.807) is 13.8 Å². The zero-order chi connectivity index (χ0) is 16.4. The molecule has 0 aliphatic carbocycles. The largest absolute Gasteiger partial charge is 0.394 e. The number of nitrogens with two attached hydrogens (primary N) is 1. The number of nitrogen functional groups attached to an aromatic ring is 1. The molecule has 2 aliphatic heterocycles. The summed E-state index contributed by atoms with van der Waals surface area (Å²) in [5.74, 6) is -0.589. The molecule has 2 aromatic rings. The lowest BCUT2D eigenvalue weighted by atomic mass is 10.1. The van der Waals surface area contributed by atoms with E-state index in [-0.39, 0.29) is 17.9 Å². The van der Waals surface area contributed by atoms with Crippen molar-refractivity contribution in [3.05, 3.63) is 16.4 Å². The molecule has 0 unspecified atom stereocenters. The maximum Gasteiger partial charge on any atom is 0.279 e. The van der Waals surface area contributed by atoms with Crippen molar-refractivity contribution in [3.8, 4) is 0 Å². The minimum Gasteiger partial charge on any atom is -0.394 e. The van der Waals surface area contributed by atoms with Crippen molar-refractivity contribution in [2.75, 3.05) is 12.3 Å². The minimum absolute atomic E-state index is 0.157. The first-order valence-electron chi connectivity index (χ1n) is 7.25. The molecule has 0 spiro atoms. The van der Waals surface area contributed by atoms with Gasteiger partial charge < -0.3 is 30.0 Å². The molecule has 2 fully saturated rings. The highest BCUT2D eigenvalue weighted by molar-refractivity contribution is 5.74. The van der Waals surface area contributed by atoms with E-state index in [0.717, 1.165) is 0 Å². The van der Waals surface area contributed by atoms with E-state index < -0.39 is 35.9 Å². The van der Waals surface area contributed by atoms with Crippen molar-refractivity contribution >= 4 is 16.9 Å². The second kappa shape index (κ2) is 4.74. The minimum atomic E-state index is -0.792. The van der Waals surface area contributed by atoms with Gasteiger partial charge in [0.2, 0.25) is 0 Å². The smallest absolute Gasteiger partial charge is 0.279 e. The molecule has 0 amide bonds. The summed E-state index contributed by atoms with van der Waals surface area (Å²) in [5, 5.41) is 17.9. The maximum atomic E-state index is 11.9. The second-order valence-corrected chi connectivity index (χ2v) is 6.12. The van der Waals surface area contributed by atoms with Gasteiger partial charge in [0.05, 0.1) is 6.61 Å². The summed E-state index contributed by atoms with van der Waals surface area (Å²) in [7, 11) is 0. The second-order valence-electron chi connectivity index (χ2n) is 6.12. The summed E-state index contributed by atoms with van der Waals surface area (Å²) in [5.41, 5.74) is 5.70. The van der Waals surface area contributed by atoms with Gasteiger partial charge in [0, 0.05) is 6.07 Å². The zero-order valence-electron chi connectivity index (χ0n) is 12.6. The molecule has 4 atom stereocenters. The summed E-state index contributed by atoms with van der Waals surface area (Å²) in [4.78, 5) is 15.6. The molecule has 0 bridgehead atoms. The number of aliphatic hydroxyl groups is 1. The quantitative estimate of drug-likeness (QED) is 0.647. The molecule has 2 aromatic heterocycles. The van der Waals surface area contributed by atoms with E-state index in [9.17, 15) is 9.90 Å². The molecule has 10 heteroatoms. The van der Waals surface area contributed by atoms with Crippen LogP contribution >= 0.6 is 0 Å². The summed E-state index contributed by atoms with van der Waals surface area (Å²) < 4.78 is 17.4. The number of aromatic amines is 1. The highest BCUT2D eigenvalue weighted by atomic mass is 16.8. The normalized spacial score (nSPS) is 32.5. The Morgan fingerprint density at radius 2 is 2.13 bits per heavy atom. The van der Waals surface area contributed by atoms with Crippen molar-refractivity contribution in [1.29, 1.82) is 0 Å². The van der Waals surface area contributed by atoms with Gasteiger partial charge in [-0.05, 0) is 13.8 Å². The van der Waals surface area contributed by atoms with Crippen molar-refractivity contribution in [2.45, 2.75) is 44.2 Å². The Kier molecular flexibility index (Phi) is 3.00. The lowest BCUT2D eigenvalue weighted by Crippen LogP contribution is -2.31. The average Bonchev–Trinajstić information content (AvgIpc) is 3.08. The third kappa shape index (κ3) is 2.22. The third-order valence-corrected chi connectivity index (χ3v) is 3.95. The Bertz CT molecular complexity index is 815. The van der Waals surface area contributed by atoms with Crippen LogP contribution in [0.25, 0.3) is 11.0 Å². The van der Waals surface area contributed by atoms with Gasteiger partial charge in [0.25, 0.3) is 5.56 Å². The number of pyridine rings is 1. The number of H-pyrrole nitrogens is 1. The van der Waals surface area contributed by atoms with Gasteiger partial charge in [-0.25, -0.2) is 0 Å². The Morgan fingerprint density at radius 3 is 2.87 bits per heavy atom. The Labute approximate surface area is 130 Å². The lowest BCUT2D eigenvalue weighted by Gasteiger charge is -2.23. The number of fused-ring (bicyclic) bond motifs is 2. The molecule has 2 aliphatic rings.